The molecule has 2 aromatic rings. The van der Waals surface area contributed by atoms with Gasteiger partial charge in [0.2, 0.25) is 0 Å². The van der Waals surface area contributed by atoms with Crippen molar-refractivity contribution in [2.45, 2.75) is 19.9 Å². The molecule has 0 amide bonds. The van der Waals surface area contributed by atoms with Crippen LogP contribution in [-0.2, 0) is 9.53 Å². The molecule has 5 heteroatoms. The summed E-state index contributed by atoms with van der Waals surface area (Å²) < 4.78 is 5.34. The number of carbonyl (C=O) groups excluding carboxylic acids is 1. The Kier molecular flexibility index (Phi) is 5.14. The first kappa shape index (κ1) is 17.2. The molecule has 1 aliphatic heterocycles. The molecule has 128 valence electrons. The Morgan fingerprint density at radius 1 is 1.12 bits per heavy atom. The Morgan fingerprint density at radius 2 is 1.80 bits per heavy atom. The molecule has 2 N–H and O–H groups in total. The minimum Gasteiger partial charge on any atom is -0.463 e. The molecule has 25 heavy (non-hydrogen) atoms. The van der Waals surface area contributed by atoms with E-state index >= 15 is 0 Å². The zero-order valence-corrected chi connectivity index (χ0v) is 15.0. The van der Waals surface area contributed by atoms with Gasteiger partial charge in [0.05, 0.1) is 23.9 Å². The smallest absolute Gasteiger partial charge is 0.338 e. The highest BCUT2D eigenvalue weighted by atomic mass is 32.1. The van der Waals surface area contributed by atoms with Gasteiger partial charge in [0.25, 0.3) is 0 Å². The molecule has 4 nitrogen and oxygen atoms in total. The van der Waals surface area contributed by atoms with Gasteiger partial charge in [-0.3, -0.25) is 0 Å². The number of thiocarbonyl (C=S) groups is 1. The van der Waals surface area contributed by atoms with E-state index in [4.69, 9.17) is 17.0 Å². The normalized spacial score (nSPS) is 16.9. The summed E-state index contributed by atoms with van der Waals surface area (Å²) in [4.78, 5) is 12.8. The van der Waals surface area contributed by atoms with Crippen LogP contribution in [0.1, 0.15) is 29.7 Å². The van der Waals surface area contributed by atoms with Crippen LogP contribution in [-0.4, -0.2) is 17.7 Å². The highest BCUT2D eigenvalue weighted by molar-refractivity contribution is 7.80. The lowest BCUT2D eigenvalue weighted by atomic mass is 9.90. The van der Waals surface area contributed by atoms with E-state index in [9.17, 15) is 4.79 Å². The van der Waals surface area contributed by atoms with Gasteiger partial charge in [-0.05, 0) is 42.8 Å². The number of hydrogen-bond donors (Lipinski definition) is 2. The number of esters is 1. The Labute approximate surface area is 152 Å². The number of carbonyl (C=O) groups is 1. The lowest BCUT2D eigenvalue weighted by Gasteiger charge is -2.32. The van der Waals surface area contributed by atoms with Crippen molar-refractivity contribution in [1.82, 2.24) is 10.6 Å². The second kappa shape index (κ2) is 7.49. The molecule has 0 fully saturated rings. The van der Waals surface area contributed by atoms with Crippen LogP contribution in [0.3, 0.4) is 0 Å². The number of aryl methyl sites for hydroxylation is 1. The van der Waals surface area contributed by atoms with Crippen LogP contribution in [0.15, 0.2) is 60.2 Å². The van der Waals surface area contributed by atoms with Crippen molar-refractivity contribution in [2.75, 3.05) is 6.61 Å². The molecule has 0 saturated heterocycles. The summed E-state index contributed by atoms with van der Waals surface area (Å²) in [7, 11) is 0. The molecule has 3 rings (SSSR count). The first-order valence-corrected chi connectivity index (χ1v) is 8.62. The summed E-state index contributed by atoms with van der Waals surface area (Å²) in [6.07, 6.45) is 0. The van der Waals surface area contributed by atoms with Crippen LogP contribution >= 0.6 is 12.2 Å². The van der Waals surface area contributed by atoms with E-state index in [1.165, 1.54) is 0 Å². The molecule has 1 atom stereocenters. The Bertz CT molecular complexity index is 831. The predicted molar refractivity (Wildman–Crippen MR) is 103 cm³/mol. The molecule has 0 aliphatic carbocycles. The second-order valence-electron chi connectivity index (χ2n) is 5.76. The third-order valence-corrected chi connectivity index (χ3v) is 4.35. The average molecular weight is 352 g/mol. The minimum atomic E-state index is -0.357. The van der Waals surface area contributed by atoms with Gasteiger partial charge in [-0.25, -0.2) is 4.79 Å². The molecule has 1 heterocycles. The van der Waals surface area contributed by atoms with Crippen molar-refractivity contribution >= 4 is 29.0 Å². The molecule has 1 aliphatic rings. The summed E-state index contributed by atoms with van der Waals surface area (Å²) in [5.41, 5.74) is 4.21. The van der Waals surface area contributed by atoms with Gasteiger partial charge in [-0.2, -0.15) is 0 Å². The lowest BCUT2D eigenvalue weighted by Crippen LogP contribution is -2.45. The van der Waals surface area contributed by atoms with Gasteiger partial charge in [0, 0.05) is 0 Å². The summed E-state index contributed by atoms with van der Waals surface area (Å²) in [6, 6.07) is 17.3. The van der Waals surface area contributed by atoms with Crippen LogP contribution in [0.25, 0.3) is 5.70 Å². The SMILES string of the molecule is CCOC(=O)C1=C(c2ccccc2)NC(=S)NC1c1ccccc1C. The number of rotatable bonds is 4. The van der Waals surface area contributed by atoms with E-state index in [2.05, 4.69) is 10.6 Å². The summed E-state index contributed by atoms with van der Waals surface area (Å²) in [5, 5.41) is 6.85. The monoisotopic (exact) mass is 352 g/mol. The standard InChI is InChI=1S/C20H20N2O2S/c1-3-24-19(23)16-17(14-10-5-4-6-11-14)21-20(25)22-18(16)15-12-8-7-9-13(15)2/h4-12,18H,3H2,1-2H3,(H2,21,22,25). The maximum absolute atomic E-state index is 12.8. The van der Waals surface area contributed by atoms with Crippen LogP contribution < -0.4 is 10.6 Å². The van der Waals surface area contributed by atoms with Gasteiger partial charge in [0.1, 0.15) is 0 Å². The summed E-state index contributed by atoms with van der Waals surface area (Å²) in [6.45, 7) is 4.14. The Hall–Kier alpha value is -2.66. The van der Waals surface area contributed by atoms with Crippen LogP contribution in [0.2, 0.25) is 0 Å². The first-order valence-electron chi connectivity index (χ1n) is 8.21. The lowest BCUT2D eigenvalue weighted by molar-refractivity contribution is -0.138. The maximum Gasteiger partial charge on any atom is 0.338 e. The second-order valence-corrected chi connectivity index (χ2v) is 6.17. The first-order chi connectivity index (χ1) is 12.1. The van der Waals surface area contributed by atoms with Crippen molar-refractivity contribution in [3.8, 4) is 0 Å². The largest absolute Gasteiger partial charge is 0.463 e. The zero-order chi connectivity index (χ0) is 17.8. The molecule has 0 spiro atoms. The molecule has 1 unspecified atom stereocenters. The van der Waals surface area contributed by atoms with Crippen molar-refractivity contribution < 1.29 is 9.53 Å². The van der Waals surface area contributed by atoms with E-state index in [0.29, 0.717) is 23.0 Å². The topological polar surface area (TPSA) is 50.4 Å². The van der Waals surface area contributed by atoms with Gasteiger partial charge < -0.3 is 15.4 Å². The fraction of sp³-hybridized carbons (Fsp3) is 0.200. The maximum atomic E-state index is 12.8. The van der Waals surface area contributed by atoms with Crippen molar-refractivity contribution in [3.05, 3.63) is 76.9 Å². The number of hydrogen-bond acceptors (Lipinski definition) is 3. The Balaban J connectivity index is 2.20. The van der Waals surface area contributed by atoms with Gasteiger partial charge in [0.15, 0.2) is 5.11 Å². The number of benzene rings is 2. The summed E-state index contributed by atoms with van der Waals surface area (Å²) in [5.74, 6) is -0.350. The van der Waals surface area contributed by atoms with Crippen molar-refractivity contribution in [3.63, 3.8) is 0 Å². The highest BCUT2D eigenvalue weighted by Gasteiger charge is 2.33. The van der Waals surface area contributed by atoms with Gasteiger partial charge in [-0.1, -0.05) is 54.6 Å². The predicted octanol–water partition coefficient (Wildman–Crippen LogP) is 3.49. The quantitative estimate of drug-likeness (QED) is 0.652. The number of nitrogens with one attached hydrogen (secondary N) is 2. The molecule has 0 aromatic heterocycles. The van der Waals surface area contributed by atoms with Crippen LogP contribution in [0.4, 0.5) is 0 Å². The van der Waals surface area contributed by atoms with Gasteiger partial charge >= 0.3 is 5.97 Å². The van der Waals surface area contributed by atoms with Gasteiger partial charge in [-0.15, -0.1) is 0 Å². The number of ether oxygens (including phenoxy) is 1. The molecular weight excluding hydrogens is 332 g/mol. The van der Waals surface area contributed by atoms with E-state index in [1.807, 2.05) is 61.5 Å². The average Bonchev–Trinajstić information content (AvgIpc) is 2.62. The molecule has 0 bridgehead atoms. The Morgan fingerprint density at radius 3 is 2.48 bits per heavy atom. The van der Waals surface area contributed by atoms with Crippen LogP contribution in [0.5, 0.6) is 0 Å². The molecular formula is C20H20N2O2S. The van der Waals surface area contributed by atoms with E-state index in [-0.39, 0.29) is 12.0 Å². The van der Waals surface area contributed by atoms with E-state index in [0.717, 1.165) is 16.7 Å². The van der Waals surface area contributed by atoms with Crippen molar-refractivity contribution in [2.24, 2.45) is 0 Å². The molecule has 0 radical (unpaired) electrons. The zero-order valence-electron chi connectivity index (χ0n) is 14.2. The highest BCUT2D eigenvalue weighted by Crippen LogP contribution is 2.33. The minimum absolute atomic E-state index is 0.315. The van der Waals surface area contributed by atoms with E-state index < -0.39 is 0 Å². The summed E-state index contributed by atoms with van der Waals surface area (Å²) >= 11 is 5.40. The fourth-order valence-electron chi connectivity index (χ4n) is 2.97. The third-order valence-electron chi connectivity index (χ3n) is 4.13. The van der Waals surface area contributed by atoms with Crippen molar-refractivity contribution in [1.29, 1.82) is 0 Å². The molecule has 2 aromatic carbocycles. The molecule has 0 saturated carbocycles. The van der Waals surface area contributed by atoms with Crippen LogP contribution in [0, 0.1) is 6.92 Å². The van der Waals surface area contributed by atoms with E-state index in [1.54, 1.807) is 6.92 Å². The fourth-order valence-corrected chi connectivity index (χ4v) is 3.19. The third kappa shape index (κ3) is 3.56.